The maximum atomic E-state index is 10.2. The van der Waals surface area contributed by atoms with Crippen LogP contribution in [0.2, 0.25) is 0 Å². The molecule has 1 aliphatic rings. The number of benzene rings is 2. The highest BCUT2D eigenvalue weighted by Gasteiger charge is 2.21. The molecule has 0 radical (unpaired) electrons. The van der Waals surface area contributed by atoms with Crippen molar-refractivity contribution >= 4 is 0 Å². The molecular formula is C21H27NO4. The molecule has 0 spiro atoms. The summed E-state index contributed by atoms with van der Waals surface area (Å²) >= 11 is 0. The van der Waals surface area contributed by atoms with Crippen LogP contribution in [0.1, 0.15) is 24.0 Å². The lowest BCUT2D eigenvalue weighted by atomic mass is 10.1. The van der Waals surface area contributed by atoms with Crippen molar-refractivity contribution < 1.29 is 19.3 Å². The third-order valence-corrected chi connectivity index (χ3v) is 4.75. The van der Waals surface area contributed by atoms with E-state index in [0.29, 0.717) is 18.8 Å². The van der Waals surface area contributed by atoms with Crippen LogP contribution in [-0.2, 0) is 17.8 Å². The number of hydrogen-bond acceptors (Lipinski definition) is 5. The number of phenols is 1. The van der Waals surface area contributed by atoms with E-state index < -0.39 is 0 Å². The molecule has 1 N–H and O–H groups in total. The summed E-state index contributed by atoms with van der Waals surface area (Å²) in [5.74, 6) is 1.96. The molecule has 1 saturated heterocycles. The van der Waals surface area contributed by atoms with Gasteiger partial charge in [0.15, 0.2) is 0 Å². The Labute approximate surface area is 155 Å². The number of hydrogen-bond donors (Lipinski definition) is 1. The van der Waals surface area contributed by atoms with Gasteiger partial charge in [-0.15, -0.1) is 0 Å². The van der Waals surface area contributed by atoms with Crippen molar-refractivity contribution in [2.75, 3.05) is 27.4 Å². The maximum Gasteiger partial charge on any atom is 0.123 e. The van der Waals surface area contributed by atoms with Crippen LogP contribution in [0.15, 0.2) is 42.5 Å². The SMILES string of the molecule is COc1ccc(OC)c(CN(Cc2ccccc2O)C[C@H]2CCCO2)c1. The summed E-state index contributed by atoms with van der Waals surface area (Å²) < 4.78 is 16.7. The molecule has 1 heterocycles. The highest BCUT2D eigenvalue weighted by molar-refractivity contribution is 5.40. The Morgan fingerprint density at radius 1 is 1.08 bits per heavy atom. The molecule has 26 heavy (non-hydrogen) atoms. The van der Waals surface area contributed by atoms with E-state index in [2.05, 4.69) is 4.90 Å². The Bertz CT molecular complexity index is 713. The fourth-order valence-corrected chi connectivity index (χ4v) is 3.39. The van der Waals surface area contributed by atoms with Gasteiger partial charge in [-0.05, 0) is 37.1 Å². The first-order chi connectivity index (χ1) is 12.7. The maximum absolute atomic E-state index is 10.2. The second-order valence-corrected chi connectivity index (χ2v) is 6.61. The molecule has 0 bridgehead atoms. The predicted molar refractivity (Wildman–Crippen MR) is 101 cm³/mol. The summed E-state index contributed by atoms with van der Waals surface area (Å²) in [6.07, 6.45) is 2.42. The van der Waals surface area contributed by atoms with Crippen LogP contribution >= 0.6 is 0 Å². The first kappa shape index (κ1) is 18.5. The molecule has 2 aromatic carbocycles. The number of aromatic hydroxyl groups is 1. The van der Waals surface area contributed by atoms with Crippen LogP contribution in [0.4, 0.5) is 0 Å². The van der Waals surface area contributed by atoms with Gasteiger partial charge in [-0.2, -0.15) is 0 Å². The van der Waals surface area contributed by atoms with Gasteiger partial charge in [0.2, 0.25) is 0 Å². The molecule has 1 fully saturated rings. The second-order valence-electron chi connectivity index (χ2n) is 6.61. The summed E-state index contributed by atoms with van der Waals surface area (Å²) in [5.41, 5.74) is 1.97. The molecule has 0 amide bonds. The van der Waals surface area contributed by atoms with Gasteiger partial charge >= 0.3 is 0 Å². The lowest BCUT2D eigenvalue weighted by molar-refractivity contribution is 0.0673. The van der Waals surface area contributed by atoms with Crippen LogP contribution in [0.3, 0.4) is 0 Å². The number of nitrogens with zero attached hydrogens (tertiary/aromatic N) is 1. The minimum atomic E-state index is 0.234. The lowest BCUT2D eigenvalue weighted by Gasteiger charge is -2.26. The van der Waals surface area contributed by atoms with E-state index in [0.717, 1.165) is 48.6 Å². The largest absolute Gasteiger partial charge is 0.508 e. The Morgan fingerprint density at radius 2 is 1.88 bits per heavy atom. The van der Waals surface area contributed by atoms with Gasteiger partial charge < -0.3 is 19.3 Å². The second kappa shape index (κ2) is 8.92. The average Bonchev–Trinajstić information content (AvgIpc) is 3.16. The van der Waals surface area contributed by atoms with Crippen LogP contribution < -0.4 is 9.47 Å². The summed E-state index contributed by atoms with van der Waals surface area (Å²) in [5, 5.41) is 10.2. The smallest absolute Gasteiger partial charge is 0.123 e. The topological polar surface area (TPSA) is 51.2 Å². The zero-order chi connectivity index (χ0) is 18.4. The molecule has 0 unspecified atom stereocenters. The molecule has 140 valence electrons. The van der Waals surface area contributed by atoms with Gasteiger partial charge in [0.25, 0.3) is 0 Å². The van der Waals surface area contributed by atoms with Crippen molar-refractivity contribution in [1.29, 1.82) is 0 Å². The molecule has 1 atom stereocenters. The van der Waals surface area contributed by atoms with E-state index in [1.807, 2.05) is 36.4 Å². The van der Waals surface area contributed by atoms with Gasteiger partial charge in [-0.1, -0.05) is 18.2 Å². The third-order valence-electron chi connectivity index (χ3n) is 4.75. The number of rotatable bonds is 8. The lowest BCUT2D eigenvalue weighted by Crippen LogP contribution is -2.31. The number of para-hydroxylation sites is 1. The predicted octanol–water partition coefficient (Wildman–Crippen LogP) is 3.59. The van der Waals surface area contributed by atoms with Gasteiger partial charge in [-0.3, -0.25) is 4.90 Å². The minimum absolute atomic E-state index is 0.234. The van der Waals surface area contributed by atoms with E-state index in [4.69, 9.17) is 14.2 Å². The third kappa shape index (κ3) is 4.68. The summed E-state index contributed by atoms with van der Waals surface area (Å²) in [6, 6.07) is 13.3. The molecule has 1 aliphatic heterocycles. The van der Waals surface area contributed by atoms with Crippen molar-refractivity contribution in [2.45, 2.75) is 32.0 Å². The Morgan fingerprint density at radius 3 is 2.58 bits per heavy atom. The minimum Gasteiger partial charge on any atom is -0.508 e. The van der Waals surface area contributed by atoms with E-state index in [-0.39, 0.29) is 6.10 Å². The first-order valence-corrected chi connectivity index (χ1v) is 9.01. The van der Waals surface area contributed by atoms with Crippen molar-refractivity contribution in [3.8, 4) is 17.2 Å². The average molecular weight is 357 g/mol. The molecule has 5 heteroatoms. The summed E-state index contributed by atoms with van der Waals surface area (Å²) in [4.78, 5) is 2.29. The molecule has 0 aliphatic carbocycles. The molecule has 0 aromatic heterocycles. The van der Waals surface area contributed by atoms with E-state index in [1.54, 1.807) is 20.3 Å². The van der Waals surface area contributed by atoms with E-state index in [9.17, 15) is 5.11 Å². The van der Waals surface area contributed by atoms with Gasteiger partial charge in [-0.25, -0.2) is 0 Å². The molecule has 2 aromatic rings. The first-order valence-electron chi connectivity index (χ1n) is 9.01. The van der Waals surface area contributed by atoms with Gasteiger partial charge in [0.05, 0.1) is 20.3 Å². The summed E-state index contributed by atoms with van der Waals surface area (Å²) in [6.45, 7) is 2.98. The quantitative estimate of drug-likeness (QED) is 0.782. The van der Waals surface area contributed by atoms with Crippen LogP contribution in [0.5, 0.6) is 17.2 Å². The standard InChI is InChI=1S/C21H27NO4/c1-24-18-9-10-21(25-2)17(12-18)14-22(15-19-7-5-11-26-19)13-16-6-3-4-8-20(16)23/h3-4,6,8-10,12,19,23H,5,7,11,13-15H2,1-2H3/t19-/m1/s1. The Kier molecular flexibility index (Phi) is 6.36. The van der Waals surface area contributed by atoms with Gasteiger partial charge in [0, 0.05) is 37.4 Å². The molecular weight excluding hydrogens is 330 g/mol. The Hall–Kier alpha value is -2.24. The van der Waals surface area contributed by atoms with Gasteiger partial charge in [0.1, 0.15) is 17.2 Å². The fourth-order valence-electron chi connectivity index (χ4n) is 3.39. The van der Waals surface area contributed by atoms with E-state index >= 15 is 0 Å². The zero-order valence-corrected chi connectivity index (χ0v) is 15.5. The van der Waals surface area contributed by atoms with Crippen molar-refractivity contribution in [1.82, 2.24) is 4.90 Å². The van der Waals surface area contributed by atoms with Crippen molar-refractivity contribution in [3.05, 3.63) is 53.6 Å². The molecule has 3 rings (SSSR count). The molecule has 0 saturated carbocycles. The van der Waals surface area contributed by atoms with Crippen molar-refractivity contribution in [3.63, 3.8) is 0 Å². The zero-order valence-electron chi connectivity index (χ0n) is 15.5. The number of methoxy groups -OCH3 is 2. The summed E-state index contributed by atoms with van der Waals surface area (Å²) in [7, 11) is 3.34. The Balaban J connectivity index is 1.81. The fraction of sp³-hybridized carbons (Fsp3) is 0.429. The van der Waals surface area contributed by atoms with Crippen LogP contribution in [0, 0.1) is 0 Å². The number of ether oxygens (including phenoxy) is 3. The monoisotopic (exact) mass is 357 g/mol. The van der Waals surface area contributed by atoms with Crippen LogP contribution in [-0.4, -0.2) is 43.5 Å². The molecule has 5 nitrogen and oxygen atoms in total. The van der Waals surface area contributed by atoms with Crippen molar-refractivity contribution in [2.24, 2.45) is 0 Å². The normalized spacial score (nSPS) is 16.8. The van der Waals surface area contributed by atoms with E-state index in [1.165, 1.54) is 0 Å². The number of phenolic OH excluding ortho intramolecular Hbond substituents is 1. The highest BCUT2D eigenvalue weighted by atomic mass is 16.5. The van der Waals surface area contributed by atoms with Crippen LogP contribution in [0.25, 0.3) is 0 Å². The highest BCUT2D eigenvalue weighted by Crippen LogP contribution is 2.27.